The molecule has 35 heavy (non-hydrogen) atoms. The molecule has 2 aliphatic rings. The highest BCUT2D eigenvalue weighted by molar-refractivity contribution is 5.96. The maximum absolute atomic E-state index is 12.5. The maximum atomic E-state index is 12.5. The maximum Gasteiger partial charge on any atom is 0.407 e. The van der Waals surface area contributed by atoms with Gasteiger partial charge >= 0.3 is 12.1 Å². The number of amides is 2. The summed E-state index contributed by atoms with van der Waals surface area (Å²) in [4.78, 5) is 37.5. The molecule has 1 aromatic heterocycles. The normalized spacial score (nSPS) is 15.8. The number of nitrogens with one attached hydrogen (secondary N) is 1. The van der Waals surface area contributed by atoms with Crippen LogP contribution in [-0.4, -0.2) is 61.9 Å². The lowest BCUT2D eigenvalue weighted by Gasteiger charge is -2.31. The van der Waals surface area contributed by atoms with Gasteiger partial charge in [-0.1, -0.05) is 54.5 Å². The molecule has 3 aromatic rings. The van der Waals surface area contributed by atoms with E-state index >= 15 is 0 Å². The predicted molar refractivity (Wildman–Crippen MR) is 123 cm³/mol. The van der Waals surface area contributed by atoms with Crippen LogP contribution in [0.2, 0.25) is 0 Å². The monoisotopic (exact) mass is 471 g/mol. The lowest BCUT2D eigenvalue weighted by molar-refractivity contribution is -0.150. The summed E-state index contributed by atoms with van der Waals surface area (Å²) < 4.78 is 7.02. The van der Waals surface area contributed by atoms with Gasteiger partial charge in [0, 0.05) is 5.92 Å². The van der Waals surface area contributed by atoms with E-state index in [1.165, 1.54) is 6.33 Å². The van der Waals surface area contributed by atoms with Crippen LogP contribution in [0.4, 0.5) is 4.79 Å². The first-order valence-electron chi connectivity index (χ1n) is 11.0. The molecular formula is C25H21N5O5. The van der Waals surface area contributed by atoms with Crippen molar-refractivity contribution in [3.63, 3.8) is 0 Å². The zero-order valence-corrected chi connectivity index (χ0v) is 18.5. The van der Waals surface area contributed by atoms with E-state index in [-0.39, 0.29) is 32.2 Å². The van der Waals surface area contributed by atoms with Crippen molar-refractivity contribution in [2.45, 2.75) is 25.0 Å². The molecule has 5 rings (SSSR count). The summed E-state index contributed by atoms with van der Waals surface area (Å²) in [6, 6.07) is 15.0. The minimum atomic E-state index is -1.14. The van der Waals surface area contributed by atoms with E-state index in [1.54, 1.807) is 4.57 Å². The van der Waals surface area contributed by atoms with Crippen molar-refractivity contribution in [1.82, 2.24) is 25.0 Å². The Hall–Kier alpha value is -4.65. The molecule has 0 saturated carbocycles. The summed E-state index contributed by atoms with van der Waals surface area (Å²) in [7, 11) is 0. The summed E-state index contributed by atoms with van der Waals surface area (Å²) in [5.41, 5.74) is 4.49. The van der Waals surface area contributed by atoms with E-state index in [2.05, 4.69) is 39.5 Å². The molecule has 2 amide bonds. The number of fused-ring (bicyclic) bond motifs is 4. The van der Waals surface area contributed by atoms with Gasteiger partial charge in [0.25, 0.3) is 5.91 Å². The van der Waals surface area contributed by atoms with Crippen LogP contribution < -0.4 is 5.32 Å². The van der Waals surface area contributed by atoms with E-state index in [4.69, 9.17) is 4.74 Å². The van der Waals surface area contributed by atoms with Crippen molar-refractivity contribution in [2.75, 3.05) is 13.2 Å². The summed E-state index contributed by atoms with van der Waals surface area (Å²) in [5.74, 6) is 3.56. The molecule has 0 spiro atoms. The van der Waals surface area contributed by atoms with Gasteiger partial charge in [-0.05, 0) is 28.2 Å². The molecule has 0 bridgehead atoms. The largest absolute Gasteiger partial charge is 0.480 e. The SMILES string of the molecule is O=C(NCC#CC(=O)N1Cc2nncn2CC1C(=O)O)OCC1c2ccccc2-c2ccccc21. The molecule has 0 saturated heterocycles. The number of aromatic nitrogens is 3. The van der Waals surface area contributed by atoms with Crippen molar-refractivity contribution in [3.05, 3.63) is 71.8 Å². The zero-order chi connectivity index (χ0) is 24.4. The summed E-state index contributed by atoms with van der Waals surface area (Å²) in [6.07, 6.45) is 0.778. The molecule has 1 aliphatic carbocycles. The molecule has 10 nitrogen and oxygen atoms in total. The molecule has 0 fully saturated rings. The number of ether oxygens (including phenoxy) is 1. The minimum Gasteiger partial charge on any atom is -0.480 e. The van der Waals surface area contributed by atoms with Crippen LogP contribution in [0.25, 0.3) is 11.1 Å². The van der Waals surface area contributed by atoms with Crippen molar-refractivity contribution < 1.29 is 24.2 Å². The van der Waals surface area contributed by atoms with E-state index < -0.39 is 24.0 Å². The standard InChI is InChI=1S/C25H21N5O5/c31-23(30-13-22-28-27-15-29(22)12-21(30)24(32)33)10-5-11-26-25(34)35-14-20-18-8-3-1-6-16(18)17-7-2-4-9-19(17)20/h1-4,6-9,15,20-21H,11-14H2,(H,26,34)(H,32,33). The van der Waals surface area contributed by atoms with Gasteiger partial charge in [-0.15, -0.1) is 10.2 Å². The highest BCUT2D eigenvalue weighted by Crippen LogP contribution is 2.44. The second-order valence-corrected chi connectivity index (χ2v) is 8.17. The third kappa shape index (κ3) is 4.31. The van der Waals surface area contributed by atoms with Crippen molar-refractivity contribution >= 4 is 18.0 Å². The lowest BCUT2D eigenvalue weighted by atomic mass is 9.98. The van der Waals surface area contributed by atoms with Crippen molar-refractivity contribution in [3.8, 4) is 23.0 Å². The Labute approximate surface area is 200 Å². The number of alkyl carbamates (subject to hydrolysis) is 1. The van der Waals surface area contributed by atoms with Crippen LogP contribution in [0.5, 0.6) is 0 Å². The first kappa shape index (κ1) is 22.2. The summed E-state index contributed by atoms with van der Waals surface area (Å²) in [6.45, 7) is 0.0819. The van der Waals surface area contributed by atoms with E-state index in [0.717, 1.165) is 27.2 Å². The zero-order valence-electron chi connectivity index (χ0n) is 18.5. The first-order chi connectivity index (χ1) is 17.0. The van der Waals surface area contributed by atoms with Crippen LogP contribution in [0, 0.1) is 11.8 Å². The number of rotatable bonds is 4. The fraction of sp³-hybridized carbons (Fsp3) is 0.240. The Morgan fingerprint density at radius 3 is 2.46 bits per heavy atom. The van der Waals surface area contributed by atoms with E-state index in [1.807, 2.05) is 36.4 Å². The molecule has 1 atom stereocenters. The first-order valence-corrected chi connectivity index (χ1v) is 11.0. The lowest BCUT2D eigenvalue weighted by Crippen LogP contribution is -2.50. The van der Waals surface area contributed by atoms with Crippen LogP contribution >= 0.6 is 0 Å². The van der Waals surface area contributed by atoms with Gasteiger partial charge in [0.1, 0.15) is 19.0 Å². The number of carboxylic acid groups (broad SMARTS) is 1. The molecule has 2 heterocycles. The number of hydrogen-bond acceptors (Lipinski definition) is 6. The van der Waals surface area contributed by atoms with Crippen molar-refractivity contribution in [1.29, 1.82) is 0 Å². The number of carboxylic acids is 1. The van der Waals surface area contributed by atoms with Gasteiger partial charge < -0.3 is 24.6 Å². The third-order valence-corrected chi connectivity index (χ3v) is 6.16. The molecule has 1 unspecified atom stereocenters. The minimum absolute atomic E-state index is 0.00964. The molecule has 2 aromatic carbocycles. The van der Waals surface area contributed by atoms with Crippen molar-refractivity contribution in [2.24, 2.45) is 0 Å². The molecule has 2 N–H and O–H groups in total. The molecule has 10 heteroatoms. The Morgan fingerprint density at radius 2 is 1.77 bits per heavy atom. The Kier molecular flexibility index (Phi) is 5.89. The van der Waals surface area contributed by atoms with Gasteiger partial charge in [0.2, 0.25) is 0 Å². The van der Waals surface area contributed by atoms with Crippen LogP contribution in [0.1, 0.15) is 22.9 Å². The number of carbonyl (C=O) groups excluding carboxylic acids is 2. The second-order valence-electron chi connectivity index (χ2n) is 8.17. The third-order valence-electron chi connectivity index (χ3n) is 6.16. The average Bonchev–Trinajstić information content (AvgIpc) is 3.46. The average molecular weight is 471 g/mol. The van der Waals surface area contributed by atoms with Gasteiger partial charge in [0.05, 0.1) is 19.6 Å². The number of hydrogen-bond donors (Lipinski definition) is 2. The Balaban J connectivity index is 1.16. The topological polar surface area (TPSA) is 127 Å². The summed E-state index contributed by atoms with van der Waals surface area (Å²) in [5, 5.41) is 19.6. The molecule has 176 valence electrons. The Bertz CT molecular complexity index is 1330. The quantitative estimate of drug-likeness (QED) is 0.554. The summed E-state index contributed by atoms with van der Waals surface area (Å²) >= 11 is 0. The fourth-order valence-electron chi connectivity index (χ4n) is 4.48. The van der Waals surface area contributed by atoms with Crippen LogP contribution in [0.15, 0.2) is 54.9 Å². The Morgan fingerprint density at radius 1 is 1.09 bits per heavy atom. The highest BCUT2D eigenvalue weighted by atomic mass is 16.5. The number of benzene rings is 2. The number of nitrogens with zero attached hydrogens (tertiary/aromatic N) is 4. The predicted octanol–water partition coefficient (Wildman–Crippen LogP) is 1.62. The number of aliphatic carboxylic acids is 1. The van der Waals surface area contributed by atoms with Gasteiger partial charge in [0.15, 0.2) is 5.82 Å². The van der Waals surface area contributed by atoms with Gasteiger partial charge in [-0.25, -0.2) is 9.59 Å². The molecule has 1 aliphatic heterocycles. The second kappa shape index (κ2) is 9.30. The smallest absolute Gasteiger partial charge is 0.407 e. The number of carbonyl (C=O) groups is 3. The van der Waals surface area contributed by atoms with Gasteiger partial charge in [-0.2, -0.15) is 0 Å². The fourth-order valence-corrected chi connectivity index (χ4v) is 4.48. The van der Waals surface area contributed by atoms with E-state index in [9.17, 15) is 19.5 Å². The highest BCUT2D eigenvalue weighted by Gasteiger charge is 2.35. The van der Waals surface area contributed by atoms with Crippen LogP contribution in [-0.2, 0) is 27.4 Å². The van der Waals surface area contributed by atoms with E-state index in [0.29, 0.717) is 5.82 Å². The molecule has 0 radical (unpaired) electrons. The molecular weight excluding hydrogens is 450 g/mol. The van der Waals surface area contributed by atoms with Gasteiger partial charge in [-0.3, -0.25) is 4.79 Å². The van der Waals surface area contributed by atoms with Crippen LogP contribution in [0.3, 0.4) is 0 Å².